The molecule has 0 bridgehead atoms. The minimum Gasteiger partial charge on any atom is -0.862 e. The number of nitrogens with zero attached hydrogens (tertiary/aromatic N) is 3. The molecule has 0 aromatic heterocycles. The van der Waals surface area contributed by atoms with E-state index in [2.05, 4.69) is 15.0 Å². The maximum absolute atomic E-state index is 13.1. The molecule has 94 heavy (non-hydrogen) atoms. The maximum Gasteiger partial charge on any atom is 1.00 e. The average molecular weight is 1380 g/mol. The van der Waals surface area contributed by atoms with E-state index in [4.69, 9.17) is 56.8 Å². The SMILES string of the molecule is CC([O-])=N[C@H]1[C@H](OCc2ccc3ccccc3c2)O[C@H](CO)[C@H](O)[C@@H]1O[C@@H]1O[C@H](C(=O)O)[C@@H](O[C@@H]2O[C@H](CO)[C@H](O)[C@H](O[C@@H]3O[C@H](C(=O)O)[C@@H](O[C@@H]4O[C@H](CO)[C@H](O)[C@H](O[C@@H]5O[C@H](C(=O)O)[C@@H](O)[C@H](O)[C@H]5O)[C@]4(O)N=C(C)[O-])[C@H](O)[C@H]3O)[C@H]2N=C(C)[O-])[C@H](O)[C@H]1O.[Na+].[Na+].[Na+]. The summed E-state index contributed by atoms with van der Waals surface area (Å²) in [4.78, 5) is 49.2. The number of hydrogen-bond acceptors (Lipinski definition) is 35. The number of ether oxygens (including phenoxy) is 12. The number of carbonyl (C=O) groups is 3. The number of aliphatic hydroxyl groups is 14. The Morgan fingerprint density at radius 1 is 0.468 bits per heavy atom. The zero-order chi connectivity index (χ0) is 66.8. The molecule has 38 nitrogen and oxygen atoms in total. The van der Waals surface area contributed by atoms with Crippen molar-refractivity contribution in [1.82, 2.24) is 0 Å². The van der Waals surface area contributed by atoms with Gasteiger partial charge in [0.15, 0.2) is 49.8 Å². The number of rotatable bonds is 22. The molecule has 30 atom stereocenters. The van der Waals surface area contributed by atoms with Crippen molar-refractivity contribution in [2.45, 2.75) is 211 Å². The fourth-order valence-electron chi connectivity index (χ4n) is 11.1. The maximum atomic E-state index is 13.1. The largest absolute Gasteiger partial charge is 1.00 e. The van der Waals surface area contributed by atoms with Crippen molar-refractivity contribution >= 4 is 46.4 Å². The van der Waals surface area contributed by atoms with Gasteiger partial charge in [-0.15, -0.1) is 0 Å². The molecule has 6 heterocycles. The van der Waals surface area contributed by atoms with Gasteiger partial charge in [-0.25, -0.2) is 14.4 Å². The molecule has 0 spiro atoms. The molecule has 6 aliphatic rings. The summed E-state index contributed by atoms with van der Waals surface area (Å²) in [6.07, 6.45) is -62.5. The van der Waals surface area contributed by atoms with Gasteiger partial charge in [0, 0.05) is 0 Å². The van der Waals surface area contributed by atoms with Gasteiger partial charge in [-0.3, -0.25) is 15.0 Å². The summed E-state index contributed by atoms with van der Waals surface area (Å²) in [5.74, 6) is -9.38. The van der Waals surface area contributed by atoms with E-state index in [0.29, 0.717) is 12.5 Å². The predicted octanol–water partition coefficient (Wildman–Crippen LogP) is -20.8. The summed E-state index contributed by atoms with van der Waals surface area (Å²) < 4.78 is 67.9. The van der Waals surface area contributed by atoms with Crippen molar-refractivity contribution in [1.29, 1.82) is 0 Å². The van der Waals surface area contributed by atoms with Crippen LogP contribution in [0.2, 0.25) is 0 Å². The minimum atomic E-state index is -3.55. The molecule has 6 aliphatic heterocycles. The van der Waals surface area contributed by atoms with Crippen LogP contribution in [0.4, 0.5) is 0 Å². The smallest absolute Gasteiger partial charge is 0.862 e. The minimum absolute atomic E-state index is 0. The molecule has 6 fully saturated rings. The van der Waals surface area contributed by atoms with E-state index in [-0.39, 0.29) is 95.3 Å². The third-order valence-electron chi connectivity index (χ3n) is 15.6. The second-order valence-corrected chi connectivity index (χ2v) is 22.0. The van der Waals surface area contributed by atoms with Crippen LogP contribution in [-0.2, 0) is 77.8 Å². The first-order valence-corrected chi connectivity index (χ1v) is 27.9. The summed E-state index contributed by atoms with van der Waals surface area (Å²) in [5, 5.41) is 226. The normalized spacial score (nSPS) is 42.3. The van der Waals surface area contributed by atoms with E-state index >= 15 is 0 Å². The van der Waals surface area contributed by atoms with Crippen molar-refractivity contribution in [3.63, 3.8) is 0 Å². The molecule has 2 aromatic rings. The van der Waals surface area contributed by atoms with Gasteiger partial charge in [0.25, 0.3) is 0 Å². The number of aliphatic imine (C=N–C) groups is 3. The van der Waals surface area contributed by atoms with Gasteiger partial charge in [0.1, 0.15) is 122 Å². The van der Waals surface area contributed by atoms with Crippen molar-refractivity contribution in [2.24, 2.45) is 15.0 Å². The summed E-state index contributed by atoms with van der Waals surface area (Å²) in [5.41, 5.74) is -2.95. The third kappa shape index (κ3) is 18.0. The quantitative estimate of drug-likeness (QED) is 0.0296. The van der Waals surface area contributed by atoms with Gasteiger partial charge in [0.05, 0.1) is 26.4 Å². The van der Waals surface area contributed by atoms with Crippen molar-refractivity contribution in [3.8, 4) is 0 Å². The van der Waals surface area contributed by atoms with Gasteiger partial charge in [0.2, 0.25) is 12.0 Å². The summed E-state index contributed by atoms with van der Waals surface area (Å²) >= 11 is 0. The van der Waals surface area contributed by atoms with Crippen LogP contribution in [0.3, 0.4) is 0 Å². The van der Waals surface area contributed by atoms with Gasteiger partial charge in [-0.05, 0) is 60.9 Å². The molecule has 2 aromatic carbocycles. The van der Waals surface area contributed by atoms with Gasteiger partial charge in [-0.2, -0.15) is 0 Å². The first-order chi connectivity index (χ1) is 42.9. The van der Waals surface area contributed by atoms with Crippen molar-refractivity contribution < 1.29 is 262 Å². The van der Waals surface area contributed by atoms with E-state index in [9.17, 15) is 117 Å². The molecule has 0 saturated carbocycles. The number of aliphatic hydroxyl groups excluding tert-OH is 13. The van der Waals surface area contributed by atoms with Crippen molar-refractivity contribution in [2.75, 3.05) is 19.8 Å². The molecular formula is C53H70N3Na3O35. The predicted molar refractivity (Wildman–Crippen MR) is 281 cm³/mol. The molecule has 6 saturated heterocycles. The molecule has 41 heteroatoms. The molecule has 17 N–H and O–H groups in total. The van der Waals surface area contributed by atoms with Crippen LogP contribution in [0, 0.1) is 0 Å². The molecule has 510 valence electrons. The van der Waals surface area contributed by atoms with Crippen LogP contribution in [-0.4, -0.2) is 326 Å². The molecule has 0 radical (unpaired) electrons. The number of benzene rings is 2. The van der Waals surface area contributed by atoms with Gasteiger partial charge >= 0.3 is 107 Å². The molecule has 8 rings (SSSR count). The zero-order valence-corrected chi connectivity index (χ0v) is 56.9. The van der Waals surface area contributed by atoms with E-state index in [1.807, 2.05) is 24.3 Å². The van der Waals surface area contributed by atoms with Crippen molar-refractivity contribution in [3.05, 3.63) is 48.0 Å². The summed E-state index contributed by atoms with van der Waals surface area (Å²) in [7, 11) is 0. The number of aliphatic carboxylic acids is 3. The first-order valence-electron chi connectivity index (χ1n) is 27.9. The average Bonchev–Trinajstić information content (AvgIpc) is 0.752. The van der Waals surface area contributed by atoms with Crippen LogP contribution in [0.5, 0.6) is 0 Å². The Labute approximate surface area is 597 Å². The fourth-order valence-corrected chi connectivity index (χ4v) is 11.1. The number of hydrogen-bond donors (Lipinski definition) is 17. The summed E-state index contributed by atoms with van der Waals surface area (Å²) in [6.45, 7) is -1.01. The van der Waals surface area contributed by atoms with Crippen LogP contribution in [0.25, 0.3) is 10.8 Å². The molecular weight excluding hydrogens is 1310 g/mol. The standard InChI is InChI=1S/C53H73N3O35.3Na/c1-15(60)54-24-36(26(63)21(11-57)81-47(24)80-14-18-8-9-19-6-4-5-7-20(19)10-18)84-49-34(71)31(68)38(41(88-49)45(75)76)86-48-25(55-16(2)61)37(27(64)22(12-58)82-48)85-50-35(72)32(69)39(42(89-50)46(77)78)90-52-53(79,56-17(3)62)43(28(65)23(13-59)83-52)91-51-33(70)29(66)30(67)40(87-51)44(73)74;;;/h4-10,21-43,47-52,57-59,63-72,79H,11-14H2,1-3H3,(H,54,60)(H,55,61)(H,56,62)(H,73,74)(H,75,76)(H,77,78);;;/q;3*+1/p-3/t21-,22-,23-,24-,25-,26+,27+,28+,29+,30+,31-,32-,33-,34-,35-,36-,37-,38+,39+,40+,41+,42+,43+,47-,48+,49-,50-,51+,52+,53-;;;/m1.../s1. The molecule has 0 unspecified atom stereocenters. The second kappa shape index (κ2) is 35.2. The van der Waals surface area contributed by atoms with Gasteiger partial charge in [-0.1, -0.05) is 36.4 Å². The zero-order valence-electron chi connectivity index (χ0n) is 50.9. The second-order valence-electron chi connectivity index (χ2n) is 22.0. The van der Waals surface area contributed by atoms with Crippen LogP contribution in [0.1, 0.15) is 26.3 Å². The van der Waals surface area contributed by atoms with E-state index in [1.165, 1.54) is 0 Å². The van der Waals surface area contributed by atoms with E-state index < -0.39 is 239 Å². The Kier molecular flexibility index (Phi) is 30.8. The third-order valence-corrected chi connectivity index (χ3v) is 15.6. The Hall–Kier alpha value is -2.52. The number of carboxylic acid groups (broad SMARTS) is 3. The van der Waals surface area contributed by atoms with Gasteiger partial charge < -0.3 is 159 Å². The Balaban J connectivity index is 0.00000534. The Morgan fingerprint density at radius 3 is 1.37 bits per heavy atom. The number of carboxylic acids is 3. The fraction of sp³-hybridized carbons (Fsp3) is 0.698. The first kappa shape index (κ1) is 82.1. The monoisotopic (exact) mass is 1380 g/mol. The van der Waals surface area contributed by atoms with Crippen LogP contribution < -0.4 is 104 Å². The number of fused-ring (bicyclic) bond motifs is 1. The summed E-state index contributed by atoms with van der Waals surface area (Å²) in [6, 6.07) is 8.86. The molecule has 0 amide bonds. The van der Waals surface area contributed by atoms with Crippen LogP contribution >= 0.6 is 0 Å². The van der Waals surface area contributed by atoms with E-state index in [0.717, 1.165) is 24.6 Å². The Bertz CT molecular complexity index is 2920. The molecule has 0 aliphatic carbocycles. The topological polar surface area (TPSA) is 612 Å². The van der Waals surface area contributed by atoms with Crippen LogP contribution in [0.15, 0.2) is 57.4 Å². The van der Waals surface area contributed by atoms with E-state index in [1.54, 1.807) is 18.2 Å². The Morgan fingerprint density at radius 2 is 0.894 bits per heavy atom.